The van der Waals surface area contributed by atoms with Gasteiger partial charge in [0.05, 0.1) is 0 Å². The molecule has 0 unspecified atom stereocenters. The molecule has 10 heteroatoms. The number of para-hydroxylation sites is 1. The number of carbonyl (C=O) groups is 3. The lowest BCUT2D eigenvalue weighted by Gasteiger charge is -2.24. The molecule has 0 heterocycles. The minimum atomic E-state index is -0.569. The van der Waals surface area contributed by atoms with Crippen molar-refractivity contribution in [2.45, 2.75) is 107 Å². The lowest BCUT2D eigenvalue weighted by atomic mass is 10.0. The van der Waals surface area contributed by atoms with Crippen LogP contribution in [0.25, 0.3) is 0 Å². The predicted molar refractivity (Wildman–Crippen MR) is 177 cm³/mol. The first-order chi connectivity index (χ1) is 19.4. The van der Waals surface area contributed by atoms with Crippen LogP contribution in [0.3, 0.4) is 0 Å². The normalized spacial score (nSPS) is 12.6. The van der Waals surface area contributed by atoms with Gasteiger partial charge in [-0.25, -0.2) is 4.79 Å². The average Bonchev–Trinajstić information content (AvgIpc) is 2.84. The number of hydrogen-bond donors (Lipinski definition) is 5. The number of thiocarbonyl (C=S) groups is 1. The molecule has 0 aliphatic carbocycles. The second kappa shape index (κ2) is 20.1. The summed E-state index contributed by atoms with van der Waals surface area (Å²) in [6.07, 6.45) is 0.770. The summed E-state index contributed by atoms with van der Waals surface area (Å²) in [7, 11) is 0. The third-order valence-corrected chi connectivity index (χ3v) is 5.66. The van der Waals surface area contributed by atoms with E-state index in [0.29, 0.717) is 48.3 Å². The average molecular weight is 608 g/mol. The van der Waals surface area contributed by atoms with Gasteiger partial charge < -0.3 is 31.3 Å². The molecule has 0 aliphatic heterocycles. The molecular weight excluding hydrogens is 550 g/mol. The zero-order valence-electron chi connectivity index (χ0n) is 27.7. The van der Waals surface area contributed by atoms with Gasteiger partial charge in [-0.1, -0.05) is 73.6 Å². The number of hydrogen-bond acceptors (Lipinski definition) is 5. The van der Waals surface area contributed by atoms with Crippen LogP contribution < -0.4 is 26.6 Å². The molecule has 42 heavy (non-hydrogen) atoms. The van der Waals surface area contributed by atoms with Gasteiger partial charge in [-0.05, 0) is 81.6 Å². The number of anilines is 1. The number of nitrogens with one attached hydrogen (secondary N) is 5. The fourth-order valence-corrected chi connectivity index (χ4v) is 3.82. The summed E-state index contributed by atoms with van der Waals surface area (Å²) in [5.74, 6) is 1.36. The van der Waals surface area contributed by atoms with Crippen molar-refractivity contribution in [1.29, 1.82) is 0 Å². The van der Waals surface area contributed by atoms with Crippen molar-refractivity contribution in [3.05, 3.63) is 30.3 Å². The van der Waals surface area contributed by atoms with Crippen LogP contribution in [0.2, 0.25) is 0 Å². The monoisotopic (exact) mass is 607 g/mol. The molecule has 0 bridgehead atoms. The number of benzene rings is 1. The Morgan fingerprint density at radius 1 is 0.714 bits per heavy atom. The number of rotatable bonds is 13. The Kier molecular flexibility index (Phi) is 18.7. The van der Waals surface area contributed by atoms with Crippen molar-refractivity contribution in [2.75, 3.05) is 18.4 Å². The highest BCUT2D eigenvalue weighted by Crippen LogP contribution is 2.10. The summed E-state index contributed by atoms with van der Waals surface area (Å²) >= 11 is 5.32. The standard InChI is InChI=1S/C17H27N3OS.C15H30N2O3/c1-12(2)10-15(16(21)18-11-13(3)4)20-17(22)19-14-8-6-5-7-9-14;1-10(2)8-12(13(18)16-9-11(3)4)17-14(19)20-15(5,6)7/h5-9,12-13,15H,10-11H2,1-4H3,(H,18,21)(H2,19,20,22);10-12H,8-9H2,1-7H3,(H,16,18)(H,17,19)/t15-;12-/m00/s1. The molecule has 0 aliphatic rings. The number of ether oxygens (including phenoxy) is 1. The highest BCUT2D eigenvalue weighted by Gasteiger charge is 2.25. The first kappa shape index (κ1) is 39.1. The Balaban J connectivity index is 0.000000805. The van der Waals surface area contributed by atoms with Crippen LogP contribution in [0.5, 0.6) is 0 Å². The Bertz CT molecular complexity index is 946. The fraction of sp³-hybridized carbons (Fsp3) is 0.688. The van der Waals surface area contributed by atoms with Crippen LogP contribution in [0.15, 0.2) is 30.3 Å². The Labute approximate surface area is 260 Å². The summed E-state index contributed by atoms with van der Waals surface area (Å²) in [6.45, 7) is 23.1. The zero-order valence-corrected chi connectivity index (χ0v) is 28.5. The van der Waals surface area contributed by atoms with E-state index in [0.717, 1.165) is 12.1 Å². The lowest BCUT2D eigenvalue weighted by Crippen LogP contribution is -2.49. The van der Waals surface area contributed by atoms with E-state index >= 15 is 0 Å². The van der Waals surface area contributed by atoms with Crippen LogP contribution in [0.4, 0.5) is 10.5 Å². The Morgan fingerprint density at radius 2 is 1.14 bits per heavy atom. The second-order valence-corrected chi connectivity index (χ2v) is 13.7. The fourth-order valence-electron chi connectivity index (χ4n) is 3.56. The van der Waals surface area contributed by atoms with E-state index in [1.165, 1.54) is 0 Å². The first-order valence-corrected chi connectivity index (χ1v) is 15.5. The van der Waals surface area contributed by atoms with Gasteiger partial charge in [0.2, 0.25) is 11.8 Å². The highest BCUT2D eigenvalue weighted by molar-refractivity contribution is 7.80. The van der Waals surface area contributed by atoms with E-state index in [2.05, 4.69) is 54.3 Å². The largest absolute Gasteiger partial charge is 0.444 e. The summed E-state index contributed by atoms with van der Waals surface area (Å²) in [6, 6.07) is 8.82. The lowest BCUT2D eigenvalue weighted by molar-refractivity contribution is -0.124. The molecule has 0 radical (unpaired) electrons. The topological polar surface area (TPSA) is 121 Å². The number of carbonyl (C=O) groups excluding carboxylic acids is 3. The van der Waals surface area contributed by atoms with E-state index in [9.17, 15) is 14.4 Å². The molecule has 3 amide bonds. The third-order valence-electron chi connectivity index (χ3n) is 5.44. The van der Waals surface area contributed by atoms with Crippen LogP contribution in [0, 0.1) is 23.7 Å². The van der Waals surface area contributed by atoms with Gasteiger partial charge in [-0.2, -0.15) is 0 Å². The first-order valence-electron chi connectivity index (χ1n) is 15.1. The third kappa shape index (κ3) is 20.9. The Hall–Kier alpha value is -2.88. The molecule has 9 nitrogen and oxygen atoms in total. The van der Waals surface area contributed by atoms with Crippen LogP contribution in [-0.4, -0.2) is 53.8 Å². The van der Waals surface area contributed by atoms with Crippen molar-refractivity contribution in [1.82, 2.24) is 21.3 Å². The van der Waals surface area contributed by atoms with E-state index in [4.69, 9.17) is 17.0 Å². The summed E-state index contributed by atoms with van der Waals surface area (Å²) < 4.78 is 5.20. The number of alkyl carbamates (subject to hydrolysis) is 1. The molecule has 240 valence electrons. The van der Waals surface area contributed by atoms with Gasteiger partial charge in [-0.3, -0.25) is 9.59 Å². The summed E-state index contributed by atoms with van der Waals surface area (Å²) in [5, 5.41) is 15.2. The molecule has 1 aromatic rings. The van der Waals surface area contributed by atoms with Gasteiger partial charge in [0.1, 0.15) is 17.7 Å². The van der Waals surface area contributed by atoms with E-state index in [-0.39, 0.29) is 17.9 Å². The van der Waals surface area contributed by atoms with Gasteiger partial charge in [0, 0.05) is 18.8 Å². The van der Waals surface area contributed by atoms with Crippen molar-refractivity contribution < 1.29 is 19.1 Å². The van der Waals surface area contributed by atoms with Crippen LogP contribution in [0.1, 0.15) is 89.0 Å². The van der Waals surface area contributed by atoms with Crippen LogP contribution in [-0.2, 0) is 14.3 Å². The quantitative estimate of drug-likeness (QED) is 0.178. The molecule has 0 fully saturated rings. The smallest absolute Gasteiger partial charge is 0.408 e. The molecular formula is C32H57N5O4S. The Morgan fingerprint density at radius 3 is 1.52 bits per heavy atom. The molecule has 5 N–H and O–H groups in total. The maximum absolute atomic E-state index is 12.3. The summed E-state index contributed by atoms with van der Waals surface area (Å²) in [4.78, 5) is 36.2. The van der Waals surface area contributed by atoms with Gasteiger partial charge in [0.25, 0.3) is 0 Å². The second-order valence-electron chi connectivity index (χ2n) is 13.3. The molecule has 0 saturated carbocycles. The maximum atomic E-state index is 12.3. The summed E-state index contributed by atoms with van der Waals surface area (Å²) in [5.41, 5.74) is 0.340. The number of amides is 3. The van der Waals surface area contributed by atoms with E-state index in [1.807, 2.05) is 58.0 Å². The molecule has 1 rings (SSSR count). The SMILES string of the molecule is CC(C)CNC(=O)[C@H](CC(C)C)NC(=O)OC(C)(C)C.CC(C)CNC(=O)[C@H](CC(C)C)NC(=S)Nc1ccccc1. The highest BCUT2D eigenvalue weighted by atomic mass is 32.1. The molecule has 1 aromatic carbocycles. The molecule has 0 spiro atoms. The minimum Gasteiger partial charge on any atom is -0.444 e. The zero-order chi connectivity index (χ0) is 32.5. The van der Waals surface area contributed by atoms with Crippen molar-refractivity contribution in [3.63, 3.8) is 0 Å². The maximum Gasteiger partial charge on any atom is 0.408 e. The van der Waals surface area contributed by atoms with E-state index in [1.54, 1.807) is 20.8 Å². The molecule has 2 atom stereocenters. The minimum absolute atomic E-state index is 0.000360. The van der Waals surface area contributed by atoms with Gasteiger partial charge in [-0.15, -0.1) is 0 Å². The van der Waals surface area contributed by atoms with Crippen molar-refractivity contribution in [3.8, 4) is 0 Å². The van der Waals surface area contributed by atoms with Gasteiger partial charge >= 0.3 is 6.09 Å². The van der Waals surface area contributed by atoms with Crippen molar-refractivity contribution >= 4 is 40.9 Å². The molecule has 0 saturated heterocycles. The van der Waals surface area contributed by atoms with Crippen molar-refractivity contribution in [2.24, 2.45) is 23.7 Å². The van der Waals surface area contributed by atoms with Gasteiger partial charge in [0.15, 0.2) is 5.11 Å². The predicted octanol–water partition coefficient (Wildman–Crippen LogP) is 5.86. The van der Waals surface area contributed by atoms with Crippen LogP contribution >= 0.6 is 12.2 Å². The molecule has 0 aromatic heterocycles. The van der Waals surface area contributed by atoms with E-state index < -0.39 is 17.7 Å².